The largest absolute Gasteiger partial charge is 0.478 e. The molecule has 1 unspecified atom stereocenters. The van der Waals surface area contributed by atoms with E-state index in [1.54, 1.807) is 0 Å². The molecule has 0 saturated carbocycles. The molecule has 1 fully saturated rings. The van der Waals surface area contributed by atoms with E-state index >= 15 is 0 Å². The van der Waals surface area contributed by atoms with E-state index in [4.69, 9.17) is 9.52 Å². The third-order valence-electron chi connectivity index (χ3n) is 2.77. The van der Waals surface area contributed by atoms with Crippen molar-refractivity contribution < 1.29 is 28.7 Å². The smallest absolute Gasteiger partial charge is 0.339 e. The van der Waals surface area contributed by atoms with Gasteiger partial charge in [-0.05, 0) is 13.0 Å². The van der Waals surface area contributed by atoms with E-state index in [1.165, 1.54) is 6.92 Å². The first-order valence-corrected chi connectivity index (χ1v) is 5.37. The molecule has 1 aromatic rings. The molecule has 2 heterocycles. The van der Waals surface area contributed by atoms with Gasteiger partial charge in [0.25, 0.3) is 5.91 Å². The summed E-state index contributed by atoms with van der Waals surface area (Å²) in [6.45, 7) is 1.11. The number of hydrogen-bond donors (Lipinski definition) is 2. The first-order chi connectivity index (χ1) is 8.91. The maximum atomic E-state index is 12.1. The van der Waals surface area contributed by atoms with Crippen molar-refractivity contribution in [2.75, 3.05) is 6.54 Å². The lowest BCUT2D eigenvalue weighted by atomic mass is 10.1. The van der Waals surface area contributed by atoms with Crippen LogP contribution in [0.3, 0.4) is 0 Å². The van der Waals surface area contributed by atoms with Crippen molar-refractivity contribution >= 4 is 23.7 Å². The van der Waals surface area contributed by atoms with E-state index in [9.17, 15) is 19.2 Å². The second kappa shape index (κ2) is 4.56. The van der Waals surface area contributed by atoms with Crippen molar-refractivity contribution in [1.29, 1.82) is 0 Å². The fraction of sp³-hybridized carbons (Fsp3) is 0.273. The van der Waals surface area contributed by atoms with Crippen LogP contribution in [-0.4, -0.2) is 46.3 Å². The summed E-state index contributed by atoms with van der Waals surface area (Å²) in [4.78, 5) is 46.7. The zero-order valence-corrected chi connectivity index (χ0v) is 9.87. The van der Waals surface area contributed by atoms with Gasteiger partial charge in [-0.1, -0.05) is 0 Å². The van der Waals surface area contributed by atoms with Crippen molar-refractivity contribution in [2.45, 2.75) is 13.0 Å². The van der Waals surface area contributed by atoms with Gasteiger partial charge in [-0.3, -0.25) is 19.7 Å². The Bertz CT molecular complexity index is 575. The monoisotopic (exact) mass is 266 g/mol. The third-order valence-corrected chi connectivity index (χ3v) is 2.77. The molecule has 8 heteroatoms. The molecule has 3 amide bonds. The number of imide groups is 1. The number of carboxylic acids is 1. The van der Waals surface area contributed by atoms with E-state index in [2.05, 4.69) is 5.32 Å². The first kappa shape index (κ1) is 12.8. The minimum Gasteiger partial charge on any atom is -0.478 e. The Morgan fingerprint density at radius 1 is 1.47 bits per heavy atom. The Labute approximate surface area is 107 Å². The highest BCUT2D eigenvalue weighted by Crippen LogP contribution is 2.16. The van der Waals surface area contributed by atoms with Gasteiger partial charge >= 0.3 is 5.97 Å². The van der Waals surface area contributed by atoms with E-state index in [1.807, 2.05) is 0 Å². The molecule has 0 radical (unpaired) electrons. The van der Waals surface area contributed by atoms with Gasteiger partial charge in [-0.15, -0.1) is 0 Å². The average Bonchev–Trinajstić information content (AvgIpc) is 2.82. The molecule has 8 nitrogen and oxygen atoms in total. The molecule has 0 aromatic carbocycles. The molecule has 0 bridgehead atoms. The second-order valence-electron chi connectivity index (χ2n) is 3.99. The van der Waals surface area contributed by atoms with Crippen LogP contribution in [0.25, 0.3) is 0 Å². The van der Waals surface area contributed by atoms with E-state index in [0.29, 0.717) is 0 Å². The van der Waals surface area contributed by atoms with Crippen molar-refractivity contribution in [3.8, 4) is 0 Å². The predicted molar refractivity (Wildman–Crippen MR) is 59.3 cm³/mol. The summed E-state index contributed by atoms with van der Waals surface area (Å²) in [5.74, 6) is -3.77. The summed E-state index contributed by atoms with van der Waals surface area (Å²) in [6.07, 6.45) is 1.06. The van der Waals surface area contributed by atoms with Gasteiger partial charge in [0.15, 0.2) is 0 Å². The Balaban J connectivity index is 2.33. The zero-order chi connectivity index (χ0) is 14.2. The Morgan fingerprint density at radius 2 is 2.16 bits per heavy atom. The van der Waals surface area contributed by atoms with Crippen LogP contribution in [0.2, 0.25) is 0 Å². The molecule has 1 aliphatic heterocycles. The van der Waals surface area contributed by atoms with Gasteiger partial charge in [0, 0.05) is 0 Å². The van der Waals surface area contributed by atoms with Gasteiger partial charge in [0.05, 0.1) is 6.26 Å². The number of hydrogen-bond acceptors (Lipinski definition) is 5. The minimum atomic E-state index is -1.32. The van der Waals surface area contributed by atoms with Crippen LogP contribution in [0.5, 0.6) is 0 Å². The summed E-state index contributed by atoms with van der Waals surface area (Å²) < 4.78 is 4.84. The van der Waals surface area contributed by atoms with Gasteiger partial charge in [0.1, 0.15) is 18.2 Å². The van der Waals surface area contributed by atoms with Crippen LogP contribution in [0.15, 0.2) is 16.7 Å². The van der Waals surface area contributed by atoms with Gasteiger partial charge < -0.3 is 14.4 Å². The summed E-state index contributed by atoms with van der Waals surface area (Å²) >= 11 is 0. The van der Waals surface area contributed by atoms with Crippen molar-refractivity contribution in [3.63, 3.8) is 0 Å². The molecule has 1 saturated heterocycles. The molecule has 1 aliphatic rings. The molecule has 0 aliphatic carbocycles. The lowest BCUT2D eigenvalue weighted by Crippen LogP contribution is -2.58. The molecule has 100 valence electrons. The number of piperazine rings is 1. The number of carboxylic acid groups (broad SMARTS) is 1. The molecule has 0 spiro atoms. The highest BCUT2D eigenvalue weighted by molar-refractivity contribution is 6.09. The number of aromatic carboxylic acids is 1. The molecular formula is C11H10N2O6. The van der Waals surface area contributed by atoms with Crippen molar-refractivity contribution in [2.24, 2.45) is 0 Å². The summed E-state index contributed by atoms with van der Waals surface area (Å²) in [5.41, 5.74) is -0.310. The number of furan rings is 1. The number of carbonyl (C=O) groups is 4. The quantitative estimate of drug-likeness (QED) is 0.694. The molecule has 19 heavy (non-hydrogen) atoms. The normalized spacial score (nSPS) is 19.2. The summed E-state index contributed by atoms with van der Waals surface area (Å²) in [6, 6.07) is 0.253. The number of amides is 3. The number of nitrogens with zero attached hydrogens (tertiary/aromatic N) is 1. The lowest BCUT2D eigenvalue weighted by molar-refractivity contribution is -0.138. The topological polar surface area (TPSA) is 117 Å². The highest BCUT2D eigenvalue weighted by atomic mass is 16.4. The van der Waals surface area contributed by atoms with Crippen LogP contribution < -0.4 is 5.32 Å². The fourth-order valence-corrected chi connectivity index (χ4v) is 1.74. The second-order valence-corrected chi connectivity index (χ2v) is 3.99. The maximum Gasteiger partial charge on any atom is 0.339 e. The van der Waals surface area contributed by atoms with Gasteiger partial charge in [-0.2, -0.15) is 0 Å². The van der Waals surface area contributed by atoms with E-state index < -0.39 is 35.5 Å². The van der Waals surface area contributed by atoms with Crippen molar-refractivity contribution in [3.05, 3.63) is 23.7 Å². The Kier molecular flexibility index (Phi) is 3.07. The van der Waals surface area contributed by atoms with E-state index in [-0.39, 0.29) is 12.1 Å². The lowest BCUT2D eigenvalue weighted by Gasteiger charge is -2.30. The molecule has 1 aromatic heterocycles. The van der Waals surface area contributed by atoms with Gasteiger partial charge in [0.2, 0.25) is 17.6 Å². The van der Waals surface area contributed by atoms with Crippen LogP contribution in [0, 0.1) is 0 Å². The van der Waals surface area contributed by atoms with Crippen LogP contribution in [0.1, 0.15) is 27.8 Å². The highest BCUT2D eigenvalue weighted by Gasteiger charge is 2.36. The molecule has 2 N–H and O–H groups in total. The third kappa shape index (κ3) is 2.19. The molecule has 2 rings (SSSR count). The minimum absolute atomic E-state index is 0.310. The number of rotatable bonds is 2. The molecule has 1 atom stereocenters. The SMILES string of the molecule is CC1C(=O)NC(=O)CN1C(=O)c1occc1C(=O)O. The summed E-state index contributed by atoms with van der Waals surface area (Å²) in [7, 11) is 0. The fourth-order valence-electron chi connectivity index (χ4n) is 1.74. The standard InChI is InChI=1S/C11H10N2O6/c1-5-9(15)12-7(14)4-13(5)10(16)8-6(11(17)18)2-3-19-8/h2-3,5H,4H2,1H3,(H,17,18)(H,12,14,15). The maximum absolute atomic E-state index is 12.1. The Hall–Kier alpha value is -2.64. The Morgan fingerprint density at radius 3 is 2.79 bits per heavy atom. The van der Waals surface area contributed by atoms with Crippen LogP contribution >= 0.6 is 0 Å². The predicted octanol–water partition coefficient (Wildman–Crippen LogP) is -0.535. The first-order valence-electron chi connectivity index (χ1n) is 5.37. The van der Waals surface area contributed by atoms with Gasteiger partial charge in [-0.25, -0.2) is 4.79 Å². The average molecular weight is 266 g/mol. The van der Waals surface area contributed by atoms with Crippen LogP contribution in [0.4, 0.5) is 0 Å². The van der Waals surface area contributed by atoms with Crippen LogP contribution in [-0.2, 0) is 9.59 Å². The zero-order valence-electron chi connectivity index (χ0n) is 9.87. The summed E-state index contributed by atoms with van der Waals surface area (Å²) in [5, 5.41) is 11.0. The van der Waals surface area contributed by atoms with E-state index in [0.717, 1.165) is 17.2 Å². The molecular weight excluding hydrogens is 256 g/mol. The van der Waals surface area contributed by atoms with Crippen molar-refractivity contribution in [1.82, 2.24) is 10.2 Å². The number of nitrogens with one attached hydrogen (secondary N) is 1. The number of carbonyl (C=O) groups excluding carboxylic acids is 3.